The molecule has 0 aliphatic heterocycles. The van der Waals surface area contributed by atoms with Crippen molar-refractivity contribution >= 4 is 40.6 Å². The average molecular weight is 447 g/mol. The van der Waals surface area contributed by atoms with Crippen LogP contribution >= 0.6 is 23.1 Å². The number of anilines is 1. The number of nitrogens with one attached hydrogen (secondary N) is 1. The van der Waals surface area contributed by atoms with Gasteiger partial charge in [-0.3, -0.25) is 14.5 Å². The number of furan rings is 1. The molecule has 9 heteroatoms. The van der Waals surface area contributed by atoms with Crippen LogP contribution < -0.4 is 10.2 Å². The van der Waals surface area contributed by atoms with Gasteiger partial charge in [-0.05, 0) is 75.1 Å². The molecule has 3 aromatic rings. The summed E-state index contributed by atoms with van der Waals surface area (Å²) >= 11 is 7.10. The summed E-state index contributed by atoms with van der Waals surface area (Å²) < 4.78 is 9.58. The van der Waals surface area contributed by atoms with Crippen LogP contribution in [0.2, 0.25) is 5.02 Å². The van der Waals surface area contributed by atoms with E-state index in [0.29, 0.717) is 28.7 Å². The predicted molar refractivity (Wildman–Crippen MR) is 117 cm³/mol. The Hall–Kier alpha value is -2.71. The lowest BCUT2D eigenvalue weighted by molar-refractivity contribution is -0.124. The average Bonchev–Trinajstić information content (AvgIpc) is 3.38. The van der Waals surface area contributed by atoms with Crippen LogP contribution in [0.1, 0.15) is 55.2 Å². The third-order valence-corrected chi connectivity index (χ3v) is 5.54. The Morgan fingerprint density at radius 2 is 1.93 bits per heavy atom. The Kier molecular flexibility index (Phi) is 6.58. The number of carbonyl (C=O) groups is 2. The fourth-order valence-corrected chi connectivity index (χ4v) is 3.39. The van der Waals surface area contributed by atoms with E-state index in [0.717, 1.165) is 11.5 Å². The van der Waals surface area contributed by atoms with E-state index in [2.05, 4.69) is 14.9 Å². The van der Waals surface area contributed by atoms with Crippen molar-refractivity contribution in [2.24, 2.45) is 0 Å². The second-order valence-corrected chi connectivity index (χ2v) is 8.57. The third-order valence-electron chi connectivity index (χ3n) is 4.79. The summed E-state index contributed by atoms with van der Waals surface area (Å²) in [5.41, 5.74) is 0.167. The molecule has 2 heterocycles. The molecule has 3 rings (SSSR count). The number of nitrogens with zero attached hydrogens (tertiary/aromatic N) is 3. The van der Waals surface area contributed by atoms with Crippen LogP contribution in [0.4, 0.5) is 5.69 Å². The van der Waals surface area contributed by atoms with Crippen molar-refractivity contribution in [3.63, 3.8) is 0 Å². The predicted octanol–water partition coefficient (Wildman–Crippen LogP) is 4.79. The molecule has 0 radical (unpaired) electrons. The minimum Gasteiger partial charge on any atom is -0.464 e. The number of carbonyl (C=O) groups excluding carboxylic acids is 2. The smallest absolute Gasteiger partial charge is 0.280 e. The maximum Gasteiger partial charge on any atom is 0.280 e. The second kappa shape index (κ2) is 8.97. The SMILES string of the molecule is CCC(C)(C)NC(=O)[C@H](c1ccc(C)o1)N(C(=O)c1csnn1)c1ccc(Cl)cc1. The molecule has 158 valence electrons. The molecule has 1 atom stereocenters. The topological polar surface area (TPSA) is 88.3 Å². The fraction of sp³-hybridized carbons (Fsp3) is 0.333. The summed E-state index contributed by atoms with van der Waals surface area (Å²) in [6.07, 6.45) is 0.716. The standard InChI is InChI=1S/C21H23ClN4O3S/c1-5-21(3,4)23-19(27)18(17-11-6-13(2)29-17)26(15-9-7-14(22)8-10-15)20(28)16-12-30-25-24-16/h6-12,18H,5H2,1-4H3,(H,23,27)/t18-/m0/s1. The Labute approximate surface area is 184 Å². The Morgan fingerprint density at radius 1 is 1.23 bits per heavy atom. The van der Waals surface area contributed by atoms with Crippen LogP contribution in [0.3, 0.4) is 0 Å². The van der Waals surface area contributed by atoms with Crippen LogP contribution in [0.5, 0.6) is 0 Å². The minimum absolute atomic E-state index is 0.144. The number of hydrogen-bond acceptors (Lipinski definition) is 6. The van der Waals surface area contributed by atoms with Crippen molar-refractivity contribution in [1.82, 2.24) is 14.9 Å². The molecule has 0 fully saturated rings. The first-order valence-electron chi connectivity index (χ1n) is 9.46. The van der Waals surface area contributed by atoms with Gasteiger partial charge in [0.2, 0.25) is 0 Å². The second-order valence-electron chi connectivity index (χ2n) is 7.52. The van der Waals surface area contributed by atoms with Gasteiger partial charge in [-0.15, -0.1) is 5.10 Å². The van der Waals surface area contributed by atoms with Gasteiger partial charge in [0.15, 0.2) is 11.7 Å². The first-order valence-corrected chi connectivity index (χ1v) is 10.7. The number of amides is 2. The lowest BCUT2D eigenvalue weighted by atomic mass is 10.0. The zero-order valence-corrected chi connectivity index (χ0v) is 18.8. The van der Waals surface area contributed by atoms with Gasteiger partial charge in [0, 0.05) is 21.6 Å². The van der Waals surface area contributed by atoms with Crippen molar-refractivity contribution < 1.29 is 14.0 Å². The summed E-state index contributed by atoms with van der Waals surface area (Å²) in [7, 11) is 0. The molecule has 0 aliphatic carbocycles. The van der Waals surface area contributed by atoms with Gasteiger partial charge in [-0.2, -0.15) is 0 Å². The third kappa shape index (κ3) is 4.88. The molecular weight excluding hydrogens is 424 g/mol. The molecule has 2 aromatic heterocycles. The van der Waals surface area contributed by atoms with Crippen molar-refractivity contribution in [2.75, 3.05) is 4.90 Å². The highest BCUT2D eigenvalue weighted by atomic mass is 35.5. The van der Waals surface area contributed by atoms with Crippen molar-refractivity contribution in [3.8, 4) is 0 Å². The highest BCUT2D eigenvalue weighted by Crippen LogP contribution is 2.32. The molecule has 0 unspecified atom stereocenters. The van der Waals surface area contributed by atoms with Crippen molar-refractivity contribution in [2.45, 2.75) is 45.7 Å². The number of hydrogen-bond donors (Lipinski definition) is 1. The first kappa shape index (κ1) is 22.0. The molecule has 0 spiro atoms. The number of aryl methyl sites for hydroxylation is 1. The molecule has 0 bridgehead atoms. The van der Waals surface area contributed by atoms with Crippen LogP contribution in [0.25, 0.3) is 0 Å². The van der Waals surface area contributed by atoms with Crippen LogP contribution in [0, 0.1) is 6.92 Å². The Balaban J connectivity index is 2.13. The highest BCUT2D eigenvalue weighted by Gasteiger charge is 2.38. The van der Waals surface area contributed by atoms with Gasteiger partial charge in [-0.25, -0.2) is 0 Å². The maximum atomic E-state index is 13.5. The van der Waals surface area contributed by atoms with E-state index in [-0.39, 0.29) is 11.6 Å². The van der Waals surface area contributed by atoms with Gasteiger partial charge < -0.3 is 9.73 Å². The number of rotatable bonds is 7. The number of aromatic nitrogens is 2. The fourth-order valence-electron chi connectivity index (χ4n) is 2.83. The monoisotopic (exact) mass is 446 g/mol. The molecule has 7 nitrogen and oxygen atoms in total. The van der Waals surface area contributed by atoms with Crippen molar-refractivity contribution in [3.05, 3.63) is 64.0 Å². The molecule has 0 saturated heterocycles. The molecular formula is C21H23ClN4O3S. The largest absolute Gasteiger partial charge is 0.464 e. The quantitative estimate of drug-likeness (QED) is 0.563. The summed E-state index contributed by atoms with van der Waals surface area (Å²) in [6, 6.07) is 9.11. The van der Waals surface area contributed by atoms with E-state index in [4.69, 9.17) is 16.0 Å². The van der Waals surface area contributed by atoms with E-state index in [1.54, 1.807) is 48.7 Å². The summed E-state index contributed by atoms with van der Waals surface area (Å²) in [5, 5.41) is 8.99. The molecule has 1 N–H and O–H groups in total. The number of halogens is 1. The zero-order valence-electron chi connectivity index (χ0n) is 17.2. The molecule has 2 amide bonds. The first-order chi connectivity index (χ1) is 14.2. The summed E-state index contributed by atoms with van der Waals surface area (Å²) in [4.78, 5) is 28.3. The molecule has 30 heavy (non-hydrogen) atoms. The zero-order chi connectivity index (χ0) is 21.9. The van der Waals surface area contributed by atoms with Gasteiger partial charge in [0.25, 0.3) is 11.8 Å². The van der Waals surface area contributed by atoms with Crippen LogP contribution in [-0.2, 0) is 4.79 Å². The van der Waals surface area contributed by atoms with Crippen molar-refractivity contribution in [1.29, 1.82) is 0 Å². The van der Waals surface area contributed by atoms with E-state index in [1.807, 2.05) is 20.8 Å². The molecule has 0 aliphatic rings. The van der Waals surface area contributed by atoms with E-state index >= 15 is 0 Å². The summed E-state index contributed by atoms with van der Waals surface area (Å²) in [5.74, 6) is 0.164. The molecule has 1 aromatic carbocycles. The van der Waals surface area contributed by atoms with E-state index in [9.17, 15) is 9.59 Å². The molecule has 0 saturated carbocycles. The Morgan fingerprint density at radius 3 is 2.47 bits per heavy atom. The van der Waals surface area contributed by atoms with Gasteiger partial charge in [0.1, 0.15) is 11.5 Å². The number of benzene rings is 1. The maximum absolute atomic E-state index is 13.5. The summed E-state index contributed by atoms with van der Waals surface area (Å²) in [6.45, 7) is 7.62. The normalized spacial score (nSPS) is 12.4. The van der Waals surface area contributed by atoms with Crippen LogP contribution in [0.15, 0.2) is 46.2 Å². The van der Waals surface area contributed by atoms with Gasteiger partial charge in [-0.1, -0.05) is 23.0 Å². The lowest BCUT2D eigenvalue weighted by Gasteiger charge is -2.33. The van der Waals surface area contributed by atoms with E-state index < -0.39 is 17.5 Å². The highest BCUT2D eigenvalue weighted by molar-refractivity contribution is 7.03. The van der Waals surface area contributed by atoms with E-state index in [1.165, 1.54) is 4.90 Å². The lowest BCUT2D eigenvalue weighted by Crippen LogP contribution is -2.50. The van der Waals surface area contributed by atoms with Crippen LogP contribution in [-0.4, -0.2) is 26.9 Å². The van der Waals surface area contributed by atoms with Gasteiger partial charge in [0.05, 0.1) is 0 Å². The Bertz CT molecular complexity index is 1020. The van der Waals surface area contributed by atoms with Gasteiger partial charge >= 0.3 is 0 Å². The minimum atomic E-state index is -1.04.